The Morgan fingerprint density at radius 1 is 1.13 bits per heavy atom. The van der Waals surface area contributed by atoms with Gasteiger partial charge in [-0.2, -0.15) is 0 Å². The maximum atomic E-state index is 12.9. The first kappa shape index (κ1) is 21.6. The number of ether oxygens (including phenoxy) is 1. The topological polar surface area (TPSA) is 95.2 Å². The maximum Gasteiger partial charge on any atom is 0.359 e. The SMILES string of the molecule is Cc1c(NC(=O)[C@@H](C)OC(=O)c2nc(Cl)ccc2Cl)c(=O)n(-c2ccccc2)n1C. The lowest BCUT2D eigenvalue weighted by Crippen LogP contribution is -2.32. The van der Waals surface area contributed by atoms with Crippen molar-refractivity contribution in [3.63, 3.8) is 0 Å². The van der Waals surface area contributed by atoms with Crippen molar-refractivity contribution >= 4 is 40.8 Å². The largest absolute Gasteiger partial charge is 0.448 e. The van der Waals surface area contributed by atoms with Crippen LogP contribution in [-0.2, 0) is 16.6 Å². The molecule has 2 aromatic heterocycles. The molecule has 0 bridgehead atoms. The number of esters is 1. The fourth-order valence-electron chi connectivity index (χ4n) is 2.77. The van der Waals surface area contributed by atoms with Crippen molar-refractivity contribution < 1.29 is 14.3 Å². The molecule has 2 heterocycles. The van der Waals surface area contributed by atoms with E-state index in [1.165, 1.54) is 23.7 Å². The van der Waals surface area contributed by atoms with Crippen LogP contribution in [0.1, 0.15) is 23.1 Å². The Morgan fingerprint density at radius 3 is 2.47 bits per heavy atom. The minimum atomic E-state index is -1.21. The number of carbonyl (C=O) groups is 2. The summed E-state index contributed by atoms with van der Waals surface area (Å²) in [7, 11) is 1.70. The zero-order valence-corrected chi connectivity index (χ0v) is 17.9. The molecule has 3 aromatic rings. The molecule has 3 rings (SSSR count). The van der Waals surface area contributed by atoms with Crippen LogP contribution in [0.25, 0.3) is 5.69 Å². The fraction of sp³-hybridized carbons (Fsp3) is 0.200. The van der Waals surface area contributed by atoms with Crippen molar-refractivity contribution in [2.24, 2.45) is 7.05 Å². The molecule has 1 amide bonds. The highest BCUT2D eigenvalue weighted by molar-refractivity contribution is 6.34. The third kappa shape index (κ3) is 4.24. The second kappa shape index (κ2) is 8.73. The molecule has 0 spiro atoms. The Kier molecular flexibility index (Phi) is 6.28. The molecule has 0 unspecified atom stereocenters. The number of rotatable bonds is 5. The third-order valence-electron chi connectivity index (χ3n) is 4.46. The molecular formula is C20H18Cl2N4O4. The van der Waals surface area contributed by atoms with E-state index < -0.39 is 23.5 Å². The van der Waals surface area contributed by atoms with E-state index in [1.807, 2.05) is 6.07 Å². The van der Waals surface area contributed by atoms with Crippen molar-refractivity contribution in [3.05, 3.63) is 74.4 Å². The summed E-state index contributed by atoms with van der Waals surface area (Å²) in [4.78, 5) is 41.5. The molecule has 0 fully saturated rings. The number of para-hydroxylation sites is 1. The summed E-state index contributed by atoms with van der Waals surface area (Å²) in [6, 6.07) is 11.8. The third-order valence-corrected chi connectivity index (χ3v) is 4.98. The summed E-state index contributed by atoms with van der Waals surface area (Å²) in [5.41, 5.74) is 0.664. The molecule has 8 nitrogen and oxygen atoms in total. The summed E-state index contributed by atoms with van der Waals surface area (Å²) in [6.45, 7) is 3.07. The Hall–Kier alpha value is -3.10. The van der Waals surface area contributed by atoms with Crippen LogP contribution in [0, 0.1) is 6.92 Å². The van der Waals surface area contributed by atoms with Gasteiger partial charge in [0.15, 0.2) is 11.8 Å². The van der Waals surface area contributed by atoms with Gasteiger partial charge in [0, 0.05) is 7.05 Å². The number of hydrogen-bond donors (Lipinski definition) is 1. The molecule has 1 N–H and O–H groups in total. The van der Waals surface area contributed by atoms with Gasteiger partial charge in [0.25, 0.3) is 11.5 Å². The molecule has 0 radical (unpaired) electrons. The van der Waals surface area contributed by atoms with Gasteiger partial charge in [0.05, 0.1) is 16.4 Å². The number of benzene rings is 1. The summed E-state index contributed by atoms with van der Waals surface area (Å²) < 4.78 is 8.19. The number of aromatic nitrogens is 3. The van der Waals surface area contributed by atoms with Crippen LogP contribution in [0.3, 0.4) is 0 Å². The number of anilines is 1. The first-order chi connectivity index (χ1) is 14.2. The number of nitrogens with one attached hydrogen (secondary N) is 1. The van der Waals surface area contributed by atoms with Gasteiger partial charge < -0.3 is 10.1 Å². The summed E-state index contributed by atoms with van der Waals surface area (Å²) in [5, 5.41) is 2.65. The molecule has 0 aliphatic heterocycles. The average molecular weight is 449 g/mol. The predicted octanol–water partition coefficient (Wildman–Crippen LogP) is 3.37. The number of pyridine rings is 1. The first-order valence-electron chi connectivity index (χ1n) is 8.88. The van der Waals surface area contributed by atoms with Gasteiger partial charge in [0.1, 0.15) is 10.8 Å². The molecule has 0 aliphatic rings. The highest BCUT2D eigenvalue weighted by Crippen LogP contribution is 2.19. The Bertz CT molecular complexity index is 1170. The van der Waals surface area contributed by atoms with E-state index in [-0.39, 0.29) is 21.6 Å². The summed E-state index contributed by atoms with van der Waals surface area (Å²) >= 11 is 11.7. The van der Waals surface area contributed by atoms with E-state index in [0.29, 0.717) is 11.4 Å². The Labute approximate surface area is 182 Å². The number of hydrogen-bond acceptors (Lipinski definition) is 5. The van der Waals surface area contributed by atoms with Crippen LogP contribution in [0.5, 0.6) is 0 Å². The number of amides is 1. The number of halogens is 2. The van der Waals surface area contributed by atoms with Gasteiger partial charge in [-0.25, -0.2) is 14.5 Å². The van der Waals surface area contributed by atoms with Crippen LogP contribution in [0.2, 0.25) is 10.2 Å². The standard InChI is InChI=1S/C20H18Cl2N4O4/c1-11-16(19(28)26(25(11)3)13-7-5-4-6-8-13)24-18(27)12(2)30-20(29)17-14(21)9-10-15(22)23-17/h4-10,12H,1-3H3,(H,24,27)/t12-/m1/s1. The van der Waals surface area contributed by atoms with E-state index in [0.717, 1.165) is 0 Å². The molecule has 10 heteroatoms. The average Bonchev–Trinajstić information content (AvgIpc) is 2.93. The summed E-state index contributed by atoms with van der Waals surface area (Å²) in [5.74, 6) is -1.58. The molecular weight excluding hydrogens is 431 g/mol. The normalized spacial score (nSPS) is 11.8. The van der Waals surface area contributed by atoms with E-state index in [2.05, 4.69) is 10.3 Å². The van der Waals surface area contributed by atoms with Gasteiger partial charge in [-0.1, -0.05) is 41.4 Å². The highest BCUT2D eigenvalue weighted by Gasteiger charge is 2.25. The van der Waals surface area contributed by atoms with Crippen LogP contribution in [0.15, 0.2) is 47.3 Å². The monoisotopic (exact) mass is 448 g/mol. The van der Waals surface area contributed by atoms with Crippen molar-refractivity contribution in [3.8, 4) is 5.69 Å². The fourth-order valence-corrected chi connectivity index (χ4v) is 3.10. The number of carbonyl (C=O) groups excluding carboxylic acids is 2. The Balaban J connectivity index is 1.80. The van der Waals surface area contributed by atoms with Crippen molar-refractivity contribution in [2.75, 3.05) is 5.32 Å². The van der Waals surface area contributed by atoms with Gasteiger partial charge >= 0.3 is 5.97 Å². The Morgan fingerprint density at radius 2 is 1.80 bits per heavy atom. The van der Waals surface area contributed by atoms with E-state index in [9.17, 15) is 14.4 Å². The van der Waals surface area contributed by atoms with Crippen LogP contribution < -0.4 is 10.9 Å². The van der Waals surface area contributed by atoms with Gasteiger partial charge in [0.2, 0.25) is 0 Å². The van der Waals surface area contributed by atoms with Gasteiger partial charge in [-0.15, -0.1) is 0 Å². The van der Waals surface area contributed by atoms with Crippen LogP contribution >= 0.6 is 23.2 Å². The highest BCUT2D eigenvalue weighted by atomic mass is 35.5. The van der Waals surface area contributed by atoms with Crippen LogP contribution in [0.4, 0.5) is 5.69 Å². The molecule has 0 saturated carbocycles. The second-order valence-corrected chi connectivity index (χ2v) is 7.23. The van der Waals surface area contributed by atoms with Gasteiger partial charge in [-0.3, -0.25) is 14.3 Å². The quantitative estimate of drug-likeness (QED) is 0.476. The molecule has 1 atom stereocenters. The van der Waals surface area contributed by atoms with E-state index in [1.54, 1.807) is 42.9 Å². The zero-order valence-electron chi connectivity index (χ0n) is 16.3. The molecule has 1 aromatic carbocycles. The van der Waals surface area contributed by atoms with Crippen LogP contribution in [-0.4, -0.2) is 32.3 Å². The maximum absolute atomic E-state index is 12.9. The molecule has 156 valence electrons. The number of nitrogens with zero attached hydrogens (tertiary/aromatic N) is 3. The van der Waals surface area contributed by atoms with Crippen molar-refractivity contribution in [1.82, 2.24) is 14.3 Å². The first-order valence-corrected chi connectivity index (χ1v) is 9.64. The van der Waals surface area contributed by atoms with E-state index >= 15 is 0 Å². The zero-order chi connectivity index (χ0) is 22.0. The lowest BCUT2D eigenvalue weighted by molar-refractivity contribution is -0.123. The predicted molar refractivity (Wildman–Crippen MR) is 114 cm³/mol. The minimum Gasteiger partial charge on any atom is -0.448 e. The van der Waals surface area contributed by atoms with E-state index in [4.69, 9.17) is 27.9 Å². The molecule has 0 aliphatic carbocycles. The second-order valence-electron chi connectivity index (χ2n) is 6.44. The van der Waals surface area contributed by atoms with Gasteiger partial charge in [-0.05, 0) is 38.1 Å². The molecule has 30 heavy (non-hydrogen) atoms. The van der Waals surface area contributed by atoms with Crippen molar-refractivity contribution in [1.29, 1.82) is 0 Å². The molecule has 0 saturated heterocycles. The van der Waals surface area contributed by atoms with Crippen molar-refractivity contribution in [2.45, 2.75) is 20.0 Å². The lowest BCUT2D eigenvalue weighted by Gasteiger charge is -2.13. The summed E-state index contributed by atoms with van der Waals surface area (Å²) in [6.07, 6.45) is -1.21. The lowest BCUT2D eigenvalue weighted by atomic mass is 10.3. The smallest absolute Gasteiger partial charge is 0.359 e. The minimum absolute atomic E-state index is 0.0432.